The van der Waals surface area contributed by atoms with Gasteiger partial charge in [0.25, 0.3) is 0 Å². The van der Waals surface area contributed by atoms with Gasteiger partial charge in [-0.3, -0.25) is 0 Å². The highest BCUT2D eigenvalue weighted by Gasteiger charge is 2.26. The van der Waals surface area contributed by atoms with Crippen LogP contribution < -0.4 is 5.32 Å². The summed E-state index contributed by atoms with van der Waals surface area (Å²) in [6.07, 6.45) is 3.42. The van der Waals surface area contributed by atoms with E-state index in [9.17, 15) is 13.2 Å². The quantitative estimate of drug-likeness (QED) is 0.770. The molecule has 1 aliphatic carbocycles. The van der Waals surface area contributed by atoms with Gasteiger partial charge in [0.15, 0.2) is 0 Å². The van der Waals surface area contributed by atoms with Gasteiger partial charge < -0.3 is 5.32 Å². The van der Waals surface area contributed by atoms with E-state index in [-0.39, 0.29) is 6.54 Å². The Bertz CT molecular complexity index is 160. The zero-order valence-electron chi connectivity index (χ0n) is 9.08. The Morgan fingerprint density at radius 2 is 1.47 bits per heavy atom. The van der Waals surface area contributed by atoms with Crippen LogP contribution in [0, 0.1) is 0 Å². The number of nitrogens with one attached hydrogen (secondary N) is 1. The van der Waals surface area contributed by atoms with Crippen LogP contribution in [0.25, 0.3) is 0 Å². The van der Waals surface area contributed by atoms with Crippen LogP contribution in [-0.2, 0) is 0 Å². The second-order valence-corrected chi connectivity index (χ2v) is 4.36. The molecular formula is C11H20F3N. The van der Waals surface area contributed by atoms with Crippen LogP contribution >= 0.6 is 0 Å². The maximum Gasteiger partial charge on any atom is 0.390 e. The SMILES string of the molecule is FC(F)(F)CCNC1CCCCCCC1. The van der Waals surface area contributed by atoms with Crippen molar-refractivity contribution in [2.24, 2.45) is 0 Å². The van der Waals surface area contributed by atoms with Crippen molar-refractivity contribution in [2.45, 2.75) is 63.6 Å². The lowest BCUT2D eigenvalue weighted by atomic mass is 9.97. The number of hydrogen-bond donors (Lipinski definition) is 1. The lowest BCUT2D eigenvalue weighted by Gasteiger charge is -2.21. The highest BCUT2D eigenvalue weighted by molar-refractivity contribution is 4.70. The van der Waals surface area contributed by atoms with E-state index in [1.807, 2.05) is 0 Å². The van der Waals surface area contributed by atoms with Crippen molar-refractivity contribution >= 4 is 0 Å². The fourth-order valence-electron chi connectivity index (χ4n) is 2.08. The Balaban J connectivity index is 2.12. The van der Waals surface area contributed by atoms with Gasteiger partial charge in [0.05, 0.1) is 6.42 Å². The van der Waals surface area contributed by atoms with Crippen molar-refractivity contribution in [3.05, 3.63) is 0 Å². The van der Waals surface area contributed by atoms with Gasteiger partial charge in [-0.2, -0.15) is 13.2 Å². The van der Waals surface area contributed by atoms with E-state index >= 15 is 0 Å². The molecule has 0 radical (unpaired) electrons. The van der Waals surface area contributed by atoms with Gasteiger partial charge in [-0.25, -0.2) is 0 Å². The smallest absolute Gasteiger partial charge is 0.314 e. The molecule has 90 valence electrons. The molecule has 0 spiro atoms. The normalized spacial score (nSPS) is 21.0. The topological polar surface area (TPSA) is 12.0 Å². The van der Waals surface area contributed by atoms with Gasteiger partial charge in [-0.1, -0.05) is 32.1 Å². The van der Waals surface area contributed by atoms with Crippen molar-refractivity contribution < 1.29 is 13.2 Å². The van der Waals surface area contributed by atoms with E-state index < -0.39 is 12.6 Å². The monoisotopic (exact) mass is 223 g/mol. The molecule has 1 fully saturated rings. The van der Waals surface area contributed by atoms with E-state index in [2.05, 4.69) is 5.32 Å². The molecule has 0 saturated heterocycles. The van der Waals surface area contributed by atoms with Gasteiger partial charge in [0, 0.05) is 12.6 Å². The van der Waals surface area contributed by atoms with Gasteiger partial charge in [-0.05, 0) is 12.8 Å². The third kappa shape index (κ3) is 6.77. The summed E-state index contributed by atoms with van der Waals surface area (Å²) in [7, 11) is 0. The van der Waals surface area contributed by atoms with Crippen LogP contribution in [0.1, 0.15) is 51.4 Å². The van der Waals surface area contributed by atoms with Crippen LogP contribution in [0.2, 0.25) is 0 Å². The minimum atomic E-state index is -4.02. The molecule has 0 aromatic carbocycles. The molecule has 1 saturated carbocycles. The minimum Gasteiger partial charge on any atom is -0.314 e. The molecule has 15 heavy (non-hydrogen) atoms. The van der Waals surface area contributed by atoms with E-state index in [4.69, 9.17) is 0 Å². The first-order valence-corrected chi connectivity index (χ1v) is 5.88. The number of hydrogen-bond acceptors (Lipinski definition) is 1. The summed E-state index contributed by atoms with van der Waals surface area (Å²) in [4.78, 5) is 0. The standard InChI is InChI=1S/C11H20F3N/c12-11(13,14)8-9-15-10-6-4-2-1-3-5-7-10/h10,15H,1-9H2. The Hall–Kier alpha value is -0.250. The molecule has 0 aromatic rings. The maximum atomic E-state index is 11.9. The second-order valence-electron chi connectivity index (χ2n) is 4.36. The summed E-state index contributed by atoms with van der Waals surface area (Å²) in [6, 6.07) is 0.313. The number of alkyl halides is 3. The molecule has 1 rings (SSSR count). The molecule has 0 atom stereocenters. The molecule has 0 aliphatic heterocycles. The third-order valence-electron chi connectivity index (χ3n) is 2.95. The predicted molar refractivity (Wildman–Crippen MR) is 54.8 cm³/mol. The average molecular weight is 223 g/mol. The van der Waals surface area contributed by atoms with E-state index in [1.54, 1.807) is 0 Å². The first-order chi connectivity index (χ1) is 7.08. The fourth-order valence-corrected chi connectivity index (χ4v) is 2.08. The summed E-state index contributed by atoms with van der Waals surface area (Å²) in [5.74, 6) is 0. The summed E-state index contributed by atoms with van der Waals surface area (Å²) in [5, 5.41) is 3.03. The van der Waals surface area contributed by atoms with Crippen LogP contribution in [-0.4, -0.2) is 18.8 Å². The van der Waals surface area contributed by atoms with E-state index in [1.165, 1.54) is 19.3 Å². The Morgan fingerprint density at radius 1 is 0.933 bits per heavy atom. The van der Waals surface area contributed by atoms with Crippen molar-refractivity contribution in [3.8, 4) is 0 Å². The zero-order valence-corrected chi connectivity index (χ0v) is 9.08. The molecule has 1 aliphatic rings. The first kappa shape index (κ1) is 12.8. The second kappa shape index (κ2) is 6.36. The molecule has 0 unspecified atom stereocenters. The van der Waals surface area contributed by atoms with E-state index in [0.717, 1.165) is 25.7 Å². The Morgan fingerprint density at radius 3 is 2.00 bits per heavy atom. The van der Waals surface area contributed by atoms with Gasteiger partial charge in [-0.15, -0.1) is 0 Å². The van der Waals surface area contributed by atoms with Gasteiger partial charge in [0.1, 0.15) is 0 Å². The lowest BCUT2D eigenvalue weighted by Crippen LogP contribution is -2.32. The summed E-state index contributed by atoms with van der Waals surface area (Å²) < 4.78 is 35.7. The van der Waals surface area contributed by atoms with Crippen LogP contribution in [0.3, 0.4) is 0 Å². The number of halogens is 3. The van der Waals surface area contributed by atoms with Crippen molar-refractivity contribution in [1.29, 1.82) is 0 Å². The molecular weight excluding hydrogens is 203 g/mol. The van der Waals surface area contributed by atoms with Gasteiger partial charge >= 0.3 is 6.18 Å². The fraction of sp³-hybridized carbons (Fsp3) is 1.00. The highest BCUT2D eigenvalue weighted by Crippen LogP contribution is 2.20. The molecule has 0 heterocycles. The van der Waals surface area contributed by atoms with E-state index in [0.29, 0.717) is 6.04 Å². The maximum absolute atomic E-state index is 11.9. The predicted octanol–water partition coefficient (Wildman–Crippen LogP) is 3.64. The molecule has 1 nitrogen and oxygen atoms in total. The molecule has 4 heteroatoms. The number of rotatable bonds is 3. The van der Waals surface area contributed by atoms with Crippen LogP contribution in [0.4, 0.5) is 13.2 Å². The van der Waals surface area contributed by atoms with Crippen molar-refractivity contribution in [2.75, 3.05) is 6.54 Å². The molecule has 0 aromatic heterocycles. The zero-order chi connectivity index (χ0) is 11.1. The Kier molecular flexibility index (Phi) is 5.43. The van der Waals surface area contributed by atoms with Crippen LogP contribution in [0.15, 0.2) is 0 Å². The largest absolute Gasteiger partial charge is 0.390 e. The van der Waals surface area contributed by atoms with Crippen molar-refractivity contribution in [3.63, 3.8) is 0 Å². The molecule has 1 N–H and O–H groups in total. The summed E-state index contributed by atoms with van der Waals surface area (Å²) >= 11 is 0. The third-order valence-corrected chi connectivity index (χ3v) is 2.95. The summed E-state index contributed by atoms with van der Waals surface area (Å²) in [5.41, 5.74) is 0. The Labute approximate surface area is 89.4 Å². The minimum absolute atomic E-state index is 0.0775. The lowest BCUT2D eigenvalue weighted by molar-refractivity contribution is -0.133. The summed E-state index contributed by atoms with van der Waals surface area (Å²) in [6.45, 7) is 0.0775. The first-order valence-electron chi connectivity index (χ1n) is 5.88. The molecule has 0 amide bonds. The van der Waals surface area contributed by atoms with Crippen molar-refractivity contribution in [1.82, 2.24) is 5.32 Å². The highest BCUT2D eigenvalue weighted by atomic mass is 19.4. The van der Waals surface area contributed by atoms with Gasteiger partial charge in [0.2, 0.25) is 0 Å². The van der Waals surface area contributed by atoms with Crippen LogP contribution in [0.5, 0.6) is 0 Å². The molecule has 0 bridgehead atoms. The average Bonchev–Trinajstić information content (AvgIpc) is 2.06.